The molecule has 0 bridgehead atoms. The monoisotopic (exact) mass is 356 g/mol. The van der Waals surface area contributed by atoms with Crippen LogP contribution in [0.2, 0.25) is 5.02 Å². The van der Waals surface area contributed by atoms with Gasteiger partial charge in [-0.3, -0.25) is 9.78 Å². The summed E-state index contributed by atoms with van der Waals surface area (Å²) in [5.74, 6) is -0.0158. The van der Waals surface area contributed by atoms with Crippen LogP contribution in [0.25, 0.3) is 0 Å². The molecule has 0 spiro atoms. The van der Waals surface area contributed by atoms with Crippen molar-refractivity contribution in [3.63, 3.8) is 0 Å². The predicted octanol–water partition coefficient (Wildman–Crippen LogP) is 4.68. The molecule has 0 aliphatic rings. The highest BCUT2D eigenvalue weighted by molar-refractivity contribution is 7.09. The number of thiophene rings is 1. The fraction of sp³-hybridized carbons (Fsp3) is 0.158. The Morgan fingerprint density at radius 1 is 1.17 bits per heavy atom. The molecule has 0 aliphatic heterocycles. The maximum Gasteiger partial charge on any atom is 0.254 e. The number of carbonyl (C=O) groups is 1. The molecular formula is C19H17ClN2OS. The van der Waals surface area contributed by atoms with E-state index in [1.165, 1.54) is 4.88 Å². The third-order valence-corrected chi connectivity index (χ3v) is 4.83. The molecule has 3 nitrogen and oxygen atoms in total. The summed E-state index contributed by atoms with van der Waals surface area (Å²) in [6.45, 7) is 1.19. The topological polar surface area (TPSA) is 33.2 Å². The summed E-state index contributed by atoms with van der Waals surface area (Å²) >= 11 is 7.74. The first-order chi connectivity index (χ1) is 11.7. The van der Waals surface area contributed by atoms with Crippen LogP contribution in [0.3, 0.4) is 0 Å². The van der Waals surface area contributed by atoms with Crippen molar-refractivity contribution in [1.82, 2.24) is 9.88 Å². The summed E-state index contributed by atoms with van der Waals surface area (Å²) in [4.78, 5) is 20.2. The van der Waals surface area contributed by atoms with E-state index in [4.69, 9.17) is 11.6 Å². The first-order valence-electron chi connectivity index (χ1n) is 7.68. The van der Waals surface area contributed by atoms with E-state index in [0.29, 0.717) is 23.7 Å². The second kappa shape index (κ2) is 8.08. The fourth-order valence-corrected chi connectivity index (χ4v) is 3.36. The average molecular weight is 357 g/mol. The van der Waals surface area contributed by atoms with Gasteiger partial charge in [0.05, 0.1) is 0 Å². The van der Waals surface area contributed by atoms with Gasteiger partial charge in [0.25, 0.3) is 5.91 Å². The summed E-state index contributed by atoms with van der Waals surface area (Å²) in [5.41, 5.74) is 1.62. The van der Waals surface area contributed by atoms with Crippen LogP contribution in [0, 0.1) is 0 Å². The quantitative estimate of drug-likeness (QED) is 0.642. The fourth-order valence-electron chi connectivity index (χ4n) is 2.47. The van der Waals surface area contributed by atoms with Gasteiger partial charge in [0.2, 0.25) is 0 Å². The molecular weight excluding hydrogens is 340 g/mol. The third kappa shape index (κ3) is 4.43. The summed E-state index contributed by atoms with van der Waals surface area (Å²) in [6, 6.07) is 15.1. The van der Waals surface area contributed by atoms with Crippen molar-refractivity contribution in [2.24, 2.45) is 0 Å². The zero-order valence-corrected chi connectivity index (χ0v) is 14.6. The Hall–Kier alpha value is -2.17. The number of benzene rings is 1. The summed E-state index contributed by atoms with van der Waals surface area (Å²) in [7, 11) is 0. The molecule has 0 unspecified atom stereocenters. The van der Waals surface area contributed by atoms with Crippen molar-refractivity contribution in [1.29, 1.82) is 0 Å². The second-order valence-corrected chi connectivity index (χ2v) is 6.90. The van der Waals surface area contributed by atoms with Crippen molar-refractivity contribution >= 4 is 28.8 Å². The van der Waals surface area contributed by atoms with Crippen LogP contribution in [0.1, 0.15) is 20.8 Å². The standard InChI is InChI=1S/C19H17ClN2OS/c20-17-6-1-5-16(12-17)19(23)22(10-8-18-7-3-11-24-18)14-15-4-2-9-21-13-15/h1-7,9,11-13H,8,10,14H2. The molecule has 5 heteroatoms. The van der Waals surface area contributed by atoms with E-state index in [0.717, 1.165) is 12.0 Å². The van der Waals surface area contributed by atoms with Gasteiger partial charge in [0, 0.05) is 40.9 Å². The van der Waals surface area contributed by atoms with Gasteiger partial charge in [-0.05, 0) is 47.7 Å². The Labute approximate surface area is 150 Å². The highest BCUT2D eigenvalue weighted by Gasteiger charge is 2.17. The Morgan fingerprint density at radius 2 is 2.08 bits per heavy atom. The molecule has 0 N–H and O–H groups in total. The minimum absolute atomic E-state index is 0.0158. The van der Waals surface area contributed by atoms with Crippen molar-refractivity contribution in [3.05, 3.63) is 87.3 Å². The number of amides is 1. The van der Waals surface area contributed by atoms with E-state index in [1.54, 1.807) is 48.0 Å². The number of carbonyl (C=O) groups excluding carboxylic acids is 1. The van der Waals surface area contributed by atoms with Crippen LogP contribution in [-0.2, 0) is 13.0 Å². The van der Waals surface area contributed by atoms with Gasteiger partial charge in [-0.1, -0.05) is 29.8 Å². The zero-order chi connectivity index (χ0) is 16.8. The van der Waals surface area contributed by atoms with E-state index in [9.17, 15) is 4.79 Å². The van der Waals surface area contributed by atoms with E-state index in [-0.39, 0.29) is 5.91 Å². The predicted molar refractivity (Wildman–Crippen MR) is 98.5 cm³/mol. The number of hydrogen-bond donors (Lipinski definition) is 0. The lowest BCUT2D eigenvalue weighted by atomic mass is 10.1. The van der Waals surface area contributed by atoms with Crippen LogP contribution in [0.5, 0.6) is 0 Å². The molecule has 122 valence electrons. The molecule has 3 rings (SSSR count). The highest BCUT2D eigenvalue weighted by Crippen LogP contribution is 2.16. The van der Waals surface area contributed by atoms with E-state index < -0.39 is 0 Å². The second-order valence-electron chi connectivity index (χ2n) is 5.43. The molecule has 0 fully saturated rings. The number of hydrogen-bond acceptors (Lipinski definition) is 3. The number of rotatable bonds is 6. The van der Waals surface area contributed by atoms with Crippen LogP contribution in [-0.4, -0.2) is 22.3 Å². The molecule has 24 heavy (non-hydrogen) atoms. The normalized spacial score (nSPS) is 10.5. The van der Waals surface area contributed by atoms with Gasteiger partial charge in [-0.25, -0.2) is 0 Å². The zero-order valence-electron chi connectivity index (χ0n) is 13.1. The number of pyridine rings is 1. The Bertz CT molecular complexity index is 790. The lowest BCUT2D eigenvalue weighted by Crippen LogP contribution is -2.32. The third-order valence-electron chi connectivity index (χ3n) is 3.66. The highest BCUT2D eigenvalue weighted by atomic mass is 35.5. The van der Waals surface area contributed by atoms with Crippen LogP contribution < -0.4 is 0 Å². The van der Waals surface area contributed by atoms with Gasteiger partial charge >= 0.3 is 0 Å². The number of halogens is 1. The van der Waals surface area contributed by atoms with Crippen molar-refractivity contribution in [2.75, 3.05) is 6.54 Å². The molecule has 0 aliphatic carbocycles. The maximum absolute atomic E-state index is 12.9. The van der Waals surface area contributed by atoms with E-state index in [1.807, 2.05) is 23.1 Å². The SMILES string of the molecule is O=C(c1cccc(Cl)c1)N(CCc1cccs1)Cc1cccnc1. The Morgan fingerprint density at radius 3 is 2.79 bits per heavy atom. The molecule has 1 amide bonds. The summed E-state index contributed by atoms with van der Waals surface area (Å²) in [6.07, 6.45) is 4.37. The number of aromatic nitrogens is 1. The van der Waals surface area contributed by atoms with Gasteiger partial charge in [-0.15, -0.1) is 11.3 Å². The van der Waals surface area contributed by atoms with Crippen LogP contribution >= 0.6 is 22.9 Å². The molecule has 1 aromatic carbocycles. The average Bonchev–Trinajstić information content (AvgIpc) is 3.12. The lowest BCUT2D eigenvalue weighted by molar-refractivity contribution is 0.0745. The number of nitrogens with zero attached hydrogens (tertiary/aromatic N) is 2. The minimum Gasteiger partial charge on any atom is -0.334 e. The molecule has 2 heterocycles. The lowest BCUT2D eigenvalue weighted by Gasteiger charge is -2.23. The molecule has 0 saturated carbocycles. The maximum atomic E-state index is 12.9. The van der Waals surface area contributed by atoms with Gasteiger partial charge < -0.3 is 4.90 Å². The van der Waals surface area contributed by atoms with Crippen LogP contribution in [0.4, 0.5) is 0 Å². The largest absolute Gasteiger partial charge is 0.334 e. The van der Waals surface area contributed by atoms with Crippen molar-refractivity contribution in [3.8, 4) is 0 Å². The van der Waals surface area contributed by atoms with Crippen molar-refractivity contribution < 1.29 is 4.79 Å². The molecule has 0 atom stereocenters. The summed E-state index contributed by atoms with van der Waals surface area (Å²) < 4.78 is 0. The Kier molecular flexibility index (Phi) is 5.62. The smallest absolute Gasteiger partial charge is 0.254 e. The molecule has 0 saturated heterocycles. The summed E-state index contributed by atoms with van der Waals surface area (Å²) in [5, 5.41) is 2.62. The molecule has 0 radical (unpaired) electrons. The van der Waals surface area contributed by atoms with Crippen LogP contribution in [0.15, 0.2) is 66.3 Å². The Balaban J connectivity index is 1.78. The van der Waals surface area contributed by atoms with E-state index in [2.05, 4.69) is 16.4 Å². The van der Waals surface area contributed by atoms with Gasteiger partial charge in [0.1, 0.15) is 0 Å². The van der Waals surface area contributed by atoms with Crippen molar-refractivity contribution in [2.45, 2.75) is 13.0 Å². The first-order valence-corrected chi connectivity index (χ1v) is 8.94. The molecule has 3 aromatic rings. The van der Waals surface area contributed by atoms with Gasteiger partial charge in [0.15, 0.2) is 0 Å². The van der Waals surface area contributed by atoms with E-state index >= 15 is 0 Å². The molecule has 2 aromatic heterocycles. The van der Waals surface area contributed by atoms with Gasteiger partial charge in [-0.2, -0.15) is 0 Å². The first kappa shape index (κ1) is 16.7. The minimum atomic E-state index is -0.0158.